The third kappa shape index (κ3) is 3.87. The molecule has 1 fully saturated rings. The maximum Gasteiger partial charge on any atom is 0.267 e. The fourth-order valence-corrected chi connectivity index (χ4v) is 3.51. The van der Waals surface area contributed by atoms with Gasteiger partial charge in [0.1, 0.15) is 12.4 Å². The number of rotatable bonds is 6. The van der Waals surface area contributed by atoms with Gasteiger partial charge in [-0.25, -0.2) is 0 Å². The van der Waals surface area contributed by atoms with Crippen molar-refractivity contribution in [3.8, 4) is 17.2 Å². The van der Waals surface area contributed by atoms with Crippen molar-refractivity contribution in [2.75, 3.05) is 13.7 Å². The molecule has 142 valence electrons. The van der Waals surface area contributed by atoms with Gasteiger partial charge in [-0.3, -0.25) is 4.79 Å². The van der Waals surface area contributed by atoms with Crippen LogP contribution in [0, 0.1) is 5.92 Å². The topological polar surface area (TPSA) is 48.0 Å². The Balaban J connectivity index is 1.52. The lowest BCUT2D eigenvalue weighted by Crippen LogP contribution is -2.49. The molecule has 2 atom stereocenters. The van der Waals surface area contributed by atoms with Gasteiger partial charge in [-0.15, -0.1) is 0 Å². The number of benzene rings is 2. The van der Waals surface area contributed by atoms with E-state index in [1.165, 1.54) is 12.8 Å². The summed E-state index contributed by atoms with van der Waals surface area (Å²) in [5.41, 5.74) is 1.08. The normalized spacial score (nSPS) is 19.3. The second-order valence-corrected chi connectivity index (χ2v) is 7.26. The number of hydrogen-bond donors (Lipinski definition) is 0. The van der Waals surface area contributed by atoms with Gasteiger partial charge in [0.15, 0.2) is 11.5 Å². The van der Waals surface area contributed by atoms with E-state index in [1.54, 1.807) is 7.11 Å². The smallest absolute Gasteiger partial charge is 0.267 e. The monoisotopic (exact) mass is 367 g/mol. The predicted octanol–water partition coefficient (Wildman–Crippen LogP) is 3.66. The van der Waals surface area contributed by atoms with E-state index in [4.69, 9.17) is 14.2 Å². The van der Waals surface area contributed by atoms with Gasteiger partial charge in [0.05, 0.1) is 7.11 Å². The third-order valence-corrected chi connectivity index (χ3v) is 5.37. The number of ether oxygens (including phenoxy) is 3. The molecule has 0 N–H and O–H groups in total. The van der Waals surface area contributed by atoms with E-state index in [0.717, 1.165) is 11.3 Å². The fraction of sp³-hybridized carbons (Fsp3) is 0.409. The van der Waals surface area contributed by atoms with Crippen LogP contribution in [0.1, 0.15) is 25.3 Å². The first-order valence-electron chi connectivity index (χ1n) is 9.47. The van der Waals surface area contributed by atoms with Crippen LogP contribution in [0.5, 0.6) is 17.2 Å². The quantitative estimate of drug-likeness (QED) is 0.782. The Morgan fingerprint density at radius 2 is 1.85 bits per heavy atom. The van der Waals surface area contributed by atoms with Crippen molar-refractivity contribution in [2.45, 2.75) is 38.5 Å². The molecular formula is C22H25NO4. The Morgan fingerprint density at radius 1 is 1.15 bits per heavy atom. The van der Waals surface area contributed by atoms with Crippen molar-refractivity contribution in [1.29, 1.82) is 0 Å². The number of amides is 1. The summed E-state index contributed by atoms with van der Waals surface area (Å²) in [6.07, 6.45) is 1.75. The molecule has 2 aromatic rings. The van der Waals surface area contributed by atoms with Gasteiger partial charge in [0.25, 0.3) is 5.91 Å². The molecule has 0 bridgehead atoms. The Labute approximate surface area is 159 Å². The Morgan fingerprint density at radius 3 is 2.52 bits per heavy atom. The van der Waals surface area contributed by atoms with Gasteiger partial charge in [0.2, 0.25) is 6.10 Å². The van der Waals surface area contributed by atoms with E-state index in [2.05, 4.69) is 6.92 Å². The molecule has 1 amide bonds. The maximum atomic E-state index is 13.3. The van der Waals surface area contributed by atoms with Crippen molar-refractivity contribution in [3.05, 3.63) is 54.1 Å². The first kappa shape index (κ1) is 17.7. The van der Waals surface area contributed by atoms with E-state index in [1.807, 2.05) is 53.4 Å². The summed E-state index contributed by atoms with van der Waals surface area (Å²) in [6.45, 7) is 2.94. The summed E-state index contributed by atoms with van der Waals surface area (Å²) in [6, 6.07) is 15.5. The SMILES string of the molecule is COc1ccc(CN(C(=O)C2COc3ccccc3O2)C(C)C2CC2)cc1. The van der Waals surface area contributed by atoms with Crippen LogP contribution in [-0.2, 0) is 11.3 Å². The number of hydrogen-bond acceptors (Lipinski definition) is 4. The highest BCUT2D eigenvalue weighted by Gasteiger charge is 2.38. The molecule has 0 radical (unpaired) electrons. The lowest BCUT2D eigenvalue weighted by molar-refractivity contribution is -0.144. The standard InChI is InChI=1S/C22H25NO4/c1-15(17-9-10-17)23(13-16-7-11-18(25-2)12-8-16)22(24)21-14-26-19-5-3-4-6-20(19)27-21/h3-8,11-12,15,17,21H,9-10,13-14H2,1-2H3. The predicted molar refractivity (Wildman–Crippen MR) is 102 cm³/mol. The summed E-state index contributed by atoms with van der Waals surface area (Å²) >= 11 is 0. The number of methoxy groups -OCH3 is 1. The van der Waals surface area contributed by atoms with Gasteiger partial charge in [-0.1, -0.05) is 24.3 Å². The van der Waals surface area contributed by atoms with E-state index < -0.39 is 6.10 Å². The van der Waals surface area contributed by atoms with Crippen LogP contribution in [0.3, 0.4) is 0 Å². The minimum atomic E-state index is -0.612. The lowest BCUT2D eigenvalue weighted by Gasteiger charge is -2.34. The van der Waals surface area contributed by atoms with Crippen LogP contribution in [-0.4, -0.2) is 36.7 Å². The van der Waals surface area contributed by atoms with E-state index in [9.17, 15) is 4.79 Å². The molecule has 1 saturated carbocycles. The Kier molecular flexibility index (Phi) is 4.92. The molecule has 2 aromatic carbocycles. The summed E-state index contributed by atoms with van der Waals surface area (Å²) in [7, 11) is 1.65. The molecule has 27 heavy (non-hydrogen) atoms. The average Bonchev–Trinajstić information content (AvgIpc) is 3.56. The van der Waals surface area contributed by atoms with Crippen molar-refractivity contribution < 1.29 is 19.0 Å². The van der Waals surface area contributed by atoms with E-state index in [0.29, 0.717) is 24.0 Å². The largest absolute Gasteiger partial charge is 0.497 e. The van der Waals surface area contributed by atoms with Gasteiger partial charge in [-0.2, -0.15) is 0 Å². The third-order valence-electron chi connectivity index (χ3n) is 5.37. The molecule has 5 nitrogen and oxygen atoms in total. The molecule has 2 unspecified atom stereocenters. The molecular weight excluding hydrogens is 342 g/mol. The first-order chi connectivity index (χ1) is 13.2. The van der Waals surface area contributed by atoms with E-state index in [-0.39, 0.29) is 18.6 Å². The van der Waals surface area contributed by atoms with E-state index >= 15 is 0 Å². The van der Waals surface area contributed by atoms with Crippen molar-refractivity contribution in [2.24, 2.45) is 5.92 Å². The van der Waals surface area contributed by atoms with Gasteiger partial charge in [0, 0.05) is 12.6 Å². The van der Waals surface area contributed by atoms with Crippen LogP contribution >= 0.6 is 0 Å². The molecule has 0 spiro atoms. The molecule has 1 aliphatic heterocycles. The molecule has 5 heteroatoms. The molecule has 1 aliphatic carbocycles. The van der Waals surface area contributed by atoms with Crippen LogP contribution in [0.4, 0.5) is 0 Å². The minimum Gasteiger partial charge on any atom is -0.497 e. The highest BCUT2D eigenvalue weighted by Crippen LogP contribution is 2.37. The summed E-state index contributed by atoms with van der Waals surface area (Å²) in [5, 5.41) is 0. The van der Waals surface area contributed by atoms with Crippen LogP contribution in [0.15, 0.2) is 48.5 Å². The lowest BCUT2D eigenvalue weighted by atomic mass is 10.1. The zero-order valence-corrected chi connectivity index (χ0v) is 15.8. The minimum absolute atomic E-state index is 0.0141. The molecule has 0 saturated heterocycles. The number of carbonyl (C=O) groups is 1. The van der Waals surface area contributed by atoms with Gasteiger partial charge >= 0.3 is 0 Å². The van der Waals surface area contributed by atoms with Crippen LogP contribution in [0.2, 0.25) is 0 Å². The molecule has 2 aliphatic rings. The van der Waals surface area contributed by atoms with Gasteiger partial charge in [-0.05, 0) is 55.5 Å². The zero-order valence-electron chi connectivity index (χ0n) is 15.8. The molecule has 4 rings (SSSR count). The van der Waals surface area contributed by atoms with Crippen molar-refractivity contribution in [1.82, 2.24) is 4.90 Å². The fourth-order valence-electron chi connectivity index (χ4n) is 3.51. The molecule has 0 aromatic heterocycles. The van der Waals surface area contributed by atoms with Crippen LogP contribution < -0.4 is 14.2 Å². The number of carbonyl (C=O) groups excluding carboxylic acids is 1. The average molecular weight is 367 g/mol. The summed E-state index contributed by atoms with van der Waals surface area (Å²) in [5.74, 6) is 2.69. The number of nitrogens with zero attached hydrogens (tertiary/aromatic N) is 1. The van der Waals surface area contributed by atoms with Crippen molar-refractivity contribution >= 4 is 5.91 Å². The Hall–Kier alpha value is -2.69. The van der Waals surface area contributed by atoms with Crippen LogP contribution in [0.25, 0.3) is 0 Å². The molecule has 1 heterocycles. The van der Waals surface area contributed by atoms with Gasteiger partial charge < -0.3 is 19.1 Å². The zero-order chi connectivity index (χ0) is 18.8. The second kappa shape index (κ2) is 7.51. The number of para-hydroxylation sites is 2. The number of fused-ring (bicyclic) bond motifs is 1. The maximum absolute atomic E-state index is 13.3. The Bertz CT molecular complexity index is 800. The highest BCUT2D eigenvalue weighted by atomic mass is 16.6. The highest BCUT2D eigenvalue weighted by molar-refractivity contribution is 5.82. The first-order valence-corrected chi connectivity index (χ1v) is 9.47. The second-order valence-electron chi connectivity index (χ2n) is 7.26. The summed E-state index contributed by atoms with van der Waals surface area (Å²) in [4.78, 5) is 15.3. The summed E-state index contributed by atoms with van der Waals surface area (Å²) < 4.78 is 16.9. The van der Waals surface area contributed by atoms with Crippen molar-refractivity contribution in [3.63, 3.8) is 0 Å².